The van der Waals surface area contributed by atoms with E-state index in [-0.39, 0.29) is 12.2 Å². The molecule has 0 unspecified atom stereocenters. The third kappa shape index (κ3) is 3.64. The van der Waals surface area contributed by atoms with Crippen LogP contribution in [0, 0.1) is 12.3 Å². The molecule has 0 bridgehead atoms. The van der Waals surface area contributed by atoms with E-state index in [1.165, 1.54) is 6.08 Å². The van der Waals surface area contributed by atoms with Gasteiger partial charge in [-0.1, -0.05) is 49.2 Å². The summed E-state index contributed by atoms with van der Waals surface area (Å²) >= 11 is 0. The third-order valence-electron chi connectivity index (χ3n) is 4.24. The number of nitrogens with one attached hydrogen (secondary N) is 1. The summed E-state index contributed by atoms with van der Waals surface area (Å²) < 4.78 is 5.46. The molecule has 0 saturated carbocycles. The Morgan fingerprint density at radius 1 is 1.11 bits per heavy atom. The number of imide groups is 2. The van der Waals surface area contributed by atoms with E-state index >= 15 is 0 Å². The van der Waals surface area contributed by atoms with Crippen LogP contribution in [0.5, 0.6) is 5.75 Å². The van der Waals surface area contributed by atoms with Gasteiger partial charge in [-0.3, -0.25) is 14.9 Å². The summed E-state index contributed by atoms with van der Waals surface area (Å²) in [5, 5.41) is 2.23. The number of amides is 4. The first-order valence-corrected chi connectivity index (χ1v) is 8.71. The van der Waals surface area contributed by atoms with Gasteiger partial charge in [-0.15, -0.1) is 6.42 Å². The number of ether oxygens (including phenoxy) is 1. The zero-order valence-electron chi connectivity index (χ0n) is 15.3. The molecule has 2 aromatic rings. The fraction of sp³-hybridized carbons (Fsp3) is 0.136. The topological polar surface area (TPSA) is 75.7 Å². The van der Waals surface area contributed by atoms with Gasteiger partial charge < -0.3 is 4.74 Å². The van der Waals surface area contributed by atoms with Crippen LogP contribution < -0.4 is 15.0 Å². The van der Waals surface area contributed by atoms with Crippen molar-refractivity contribution in [2.45, 2.75) is 13.3 Å². The number of hydrogen-bond donors (Lipinski definition) is 1. The van der Waals surface area contributed by atoms with Gasteiger partial charge >= 0.3 is 6.03 Å². The average molecular weight is 374 g/mol. The zero-order valence-corrected chi connectivity index (χ0v) is 15.3. The molecular formula is C22H18N2O4. The Hall–Kier alpha value is -3.85. The molecule has 1 saturated heterocycles. The quantitative estimate of drug-likeness (QED) is 0.496. The van der Waals surface area contributed by atoms with E-state index in [0.717, 1.165) is 10.5 Å². The molecule has 0 radical (unpaired) electrons. The SMILES string of the molecule is C#CCOc1ccccc1/C=C1/C(=O)NC(=O)N(c2ccccc2CC)C1=O. The molecule has 6 nitrogen and oxygen atoms in total. The lowest BCUT2D eigenvalue weighted by Gasteiger charge is -2.28. The van der Waals surface area contributed by atoms with Crippen LogP contribution in [-0.4, -0.2) is 24.5 Å². The lowest BCUT2D eigenvalue weighted by molar-refractivity contribution is -0.122. The summed E-state index contributed by atoms with van der Waals surface area (Å²) in [6, 6.07) is 13.2. The number of para-hydroxylation sites is 2. The molecule has 3 rings (SSSR count). The van der Waals surface area contributed by atoms with Crippen molar-refractivity contribution in [3.63, 3.8) is 0 Å². The highest BCUT2D eigenvalue weighted by Gasteiger charge is 2.37. The number of urea groups is 1. The van der Waals surface area contributed by atoms with Gasteiger partial charge in [0.05, 0.1) is 5.69 Å². The lowest BCUT2D eigenvalue weighted by Crippen LogP contribution is -2.54. The van der Waals surface area contributed by atoms with Crippen molar-refractivity contribution in [2.24, 2.45) is 0 Å². The highest BCUT2D eigenvalue weighted by Crippen LogP contribution is 2.27. The Balaban J connectivity index is 2.04. The molecule has 1 fully saturated rings. The lowest BCUT2D eigenvalue weighted by atomic mass is 10.0. The van der Waals surface area contributed by atoms with E-state index in [0.29, 0.717) is 23.4 Å². The van der Waals surface area contributed by atoms with Gasteiger partial charge in [0.1, 0.15) is 17.9 Å². The average Bonchev–Trinajstić information content (AvgIpc) is 2.70. The van der Waals surface area contributed by atoms with E-state index in [2.05, 4.69) is 11.2 Å². The standard InChI is InChI=1S/C22H18N2O4/c1-3-13-28-19-12-8-6-10-16(19)14-17-20(25)23-22(27)24(21(17)26)18-11-7-5-9-15(18)4-2/h1,5-12,14H,4,13H2,2H3,(H,23,25,27)/b17-14-. The maximum Gasteiger partial charge on any atom is 0.335 e. The van der Waals surface area contributed by atoms with Crippen LogP contribution in [0.3, 0.4) is 0 Å². The van der Waals surface area contributed by atoms with Gasteiger partial charge in [0.15, 0.2) is 0 Å². The van der Waals surface area contributed by atoms with Crippen molar-refractivity contribution in [1.29, 1.82) is 0 Å². The summed E-state index contributed by atoms with van der Waals surface area (Å²) in [5.74, 6) is 1.36. The van der Waals surface area contributed by atoms with Crippen LogP contribution in [0.25, 0.3) is 6.08 Å². The molecule has 0 aliphatic carbocycles. The Morgan fingerprint density at radius 3 is 2.57 bits per heavy atom. The van der Waals surface area contributed by atoms with Crippen molar-refractivity contribution in [1.82, 2.24) is 5.32 Å². The van der Waals surface area contributed by atoms with E-state index in [1.54, 1.807) is 36.4 Å². The number of carbonyl (C=O) groups excluding carboxylic acids is 3. The molecule has 1 heterocycles. The molecule has 4 amide bonds. The van der Waals surface area contributed by atoms with Crippen molar-refractivity contribution < 1.29 is 19.1 Å². The zero-order chi connectivity index (χ0) is 20.1. The fourth-order valence-corrected chi connectivity index (χ4v) is 2.91. The van der Waals surface area contributed by atoms with Gasteiger partial charge in [0.2, 0.25) is 0 Å². The van der Waals surface area contributed by atoms with Crippen molar-refractivity contribution in [3.05, 3.63) is 65.2 Å². The monoisotopic (exact) mass is 374 g/mol. The molecule has 140 valence electrons. The van der Waals surface area contributed by atoms with Gasteiger partial charge in [0.25, 0.3) is 11.8 Å². The van der Waals surface area contributed by atoms with Crippen LogP contribution in [0.2, 0.25) is 0 Å². The first-order valence-electron chi connectivity index (χ1n) is 8.71. The highest BCUT2D eigenvalue weighted by atomic mass is 16.5. The number of terminal acetylenes is 1. The Morgan fingerprint density at radius 2 is 1.82 bits per heavy atom. The van der Waals surface area contributed by atoms with Crippen molar-refractivity contribution in [3.8, 4) is 18.1 Å². The minimum absolute atomic E-state index is 0.0504. The summed E-state index contributed by atoms with van der Waals surface area (Å²) in [4.78, 5) is 38.8. The summed E-state index contributed by atoms with van der Waals surface area (Å²) in [7, 11) is 0. The van der Waals surface area contributed by atoms with Crippen molar-refractivity contribution in [2.75, 3.05) is 11.5 Å². The normalized spacial score (nSPS) is 15.4. The smallest absolute Gasteiger partial charge is 0.335 e. The second kappa shape index (κ2) is 8.23. The molecule has 0 aromatic heterocycles. The molecule has 0 spiro atoms. The molecule has 0 atom stereocenters. The number of hydrogen-bond acceptors (Lipinski definition) is 4. The first kappa shape index (κ1) is 18.9. The van der Waals surface area contributed by atoms with E-state index in [1.807, 2.05) is 19.1 Å². The predicted octanol–water partition coefficient (Wildman–Crippen LogP) is 2.93. The van der Waals surface area contributed by atoms with Crippen LogP contribution in [0.4, 0.5) is 10.5 Å². The largest absolute Gasteiger partial charge is 0.480 e. The molecule has 6 heteroatoms. The minimum atomic E-state index is -0.773. The maximum atomic E-state index is 13.0. The van der Waals surface area contributed by atoms with Gasteiger partial charge in [-0.05, 0) is 30.2 Å². The Kier molecular flexibility index (Phi) is 5.56. The first-order chi connectivity index (χ1) is 13.6. The number of carbonyl (C=O) groups is 3. The van der Waals surface area contributed by atoms with Crippen LogP contribution in [0.1, 0.15) is 18.1 Å². The van der Waals surface area contributed by atoms with E-state index < -0.39 is 17.8 Å². The van der Waals surface area contributed by atoms with Gasteiger partial charge in [-0.25, -0.2) is 9.69 Å². The molecule has 1 aliphatic rings. The second-order valence-electron chi connectivity index (χ2n) is 5.97. The Bertz CT molecular complexity index is 1020. The number of anilines is 1. The molecule has 1 N–H and O–H groups in total. The predicted molar refractivity (Wildman–Crippen MR) is 106 cm³/mol. The van der Waals surface area contributed by atoms with Crippen LogP contribution in [-0.2, 0) is 16.0 Å². The van der Waals surface area contributed by atoms with Crippen LogP contribution >= 0.6 is 0 Å². The number of aryl methyl sites for hydroxylation is 1. The number of nitrogens with zero attached hydrogens (tertiary/aromatic N) is 1. The van der Waals surface area contributed by atoms with E-state index in [4.69, 9.17) is 11.2 Å². The third-order valence-corrected chi connectivity index (χ3v) is 4.24. The van der Waals surface area contributed by atoms with Gasteiger partial charge in [-0.2, -0.15) is 0 Å². The fourth-order valence-electron chi connectivity index (χ4n) is 2.91. The van der Waals surface area contributed by atoms with Gasteiger partial charge in [0, 0.05) is 5.56 Å². The number of rotatable bonds is 5. The maximum absolute atomic E-state index is 13.0. The summed E-state index contributed by atoms with van der Waals surface area (Å²) in [5.41, 5.74) is 1.61. The molecule has 1 aliphatic heterocycles. The highest BCUT2D eigenvalue weighted by molar-refractivity contribution is 6.39. The number of barbiturate groups is 1. The molecule has 2 aromatic carbocycles. The number of benzene rings is 2. The second-order valence-corrected chi connectivity index (χ2v) is 5.97. The van der Waals surface area contributed by atoms with E-state index in [9.17, 15) is 14.4 Å². The molecular weight excluding hydrogens is 356 g/mol. The summed E-state index contributed by atoms with van der Waals surface area (Å²) in [6.45, 7) is 1.97. The van der Waals surface area contributed by atoms with Crippen molar-refractivity contribution >= 4 is 29.6 Å². The van der Waals surface area contributed by atoms with Crippen LogP contribution in [0.15, 0.2) is 54.1 Å². The summed E-state index contributed by atoms with van der Waals surface area (Å²) in [6.07, 6.45) is 7.26. The Labute approximate surface area is 162 Å². The minimum Gasteiger partial charge on any atom is -0.480 e. The molecule has 28 heavy (non-hydrogen) atoms.